The lowest BCUT2D eigenvalue weighted by atomic mass is 10.2. The van der Waals surface area contributed by atoms with E-state index in [1.807, 2.05) is 0 Å². The number of fused-ring (bicyclic) bond motifs is 1. The van der Waals surface area contributed by atoms with Crippen molar-refractivity contribution in [3.8, 4) is 5.75 Å². The second-order valence-electron chi connectivity index (χ2n) is 5.47. The van der Waals surface area contributed by atoms with E-state index in [9.17, 15) is 13.2 Å². The van der Waals surface area contributed by atoms with E-state index in [0.717, 1.165) is 0 Å². The van der Waals surface area contributed by atoms with Crippen molar-refractivity contribution in [2.45, 2.75) is 13.0 Å². The Kier molecular flexibility index (Phi) is 4.87. The Morgan fingerprint density at radius 1 is 1.24 bits per heavy atom. The first-order chi connectivity index (χ1) is 11.9. The van der Waals surface area contributed by atoms with Gasteiger partial charge in [-0.05, 0) is 31.2 Å². The lowest BCUT2D eigenvalue weighted by Crippen LogP contribution is -2.49. The molecule has 0 radical (unpaired) electrons. The van der Waals surface area contributed by atoms with Crippen molar-refractivity contribution < 1.29 is 17.9 Å². The molecule has 0 saturated heterocycles. The van der Waals surface area contributed by atoms with Crippen LogP contribution in [0, 0.1) is 0 Å². The molecule has 2 aromatic rings. The number of carbonyl (C=O) groups is 1. The van der Waals surface area contributed by atoms with E-state index in [4.69, 9.17) is 16.3 Å². The highest BCUT2D eigenvalue weighted by Gasteiger charge is 2.36. The topological polar surface area (TPSA) is 75.7 Å². The Morgan fingerprint density at radius 2 is 1.92 bits per heavy atom. The van der Waals surface area contributed by atoms with E-state index in [1.54, 1.807) is 55.5 Å². The van der Waals surface area contributed by atoms with Crippen LogP contribution in [0.1, 0.15) is 6.92 Å². The first kappa shape index (κ1) is 17.6. The van der Waals surface area contributed by atoms with Crippen LogP contribution in [0.3, 0.4) is 0 Å². The number of nitrogens with one attached hydrogen (secondary N) is 1. The van der Waals surface area contributed by atoms with Crippen LogP contribution in [0.15, 0.2) is 48.5 Å². The number of anilines is 2. The minimum atomic E-state index is -3.53. The van der Waals surface area contributed by atoms with Crippen LogP contribution in [-0.4, -0.2) is 32.7 Å². The third kappa shape index (κ3) is 3.57. The number of carbonyl (C=O) groups excluding carboxylic acids is 1. The van der Waals surface area contributed by atoms with Crippen molar-refractivity contribution in [3.05, 3.63) is 53.6 Å². The third-order valence-corrected chi connectivity index (χ3v) is 5.94. The van der Waals surface area contributed by atoms with E-state index in [-0.39, 0.29) is 12.3 Å². The zero-order valence-corrected chi connectivity index (χ0v) is 15.0. The van der Waals surface area contributed by atoms with E-state index >= 15 is 0 Å². The Bertz CT molecular complexity index is 901. The normalized spacial score (nSPS) is 16.7. The maximum absolute atomic E-state index is 12.6. The maximum atomic E-state index is 12.6. The number of benzene rings is 2. The number of amides is 1. The summed E-state index contributed by atoms with van der Waals surface area (Å²) >= 11 is 6.05. The molecular weight excluding hydrogens is 364 g/mol. The van der Waals surface area contributed by atoms with Gasteiger partial charge >= 0.3 is 0 Å². The molecule has 1 aliphatic heterocycles. The highest BCUT2D eigenvalue weighted by atomic mass is 35.5. The summed E-state index contributed by atoms with van der Waals surface area (Å²) in [6.45, 7) is 1.47. The van der Waals surface area contributed by atoms with Crippen LogP contribution >= 0.6 is 11.6 Å². The number of hydrogen-bond donors (Lipinski definition) is 1. The summed E-state index contributed by atoms with van der Waals surface area (Å²) in [4.78, 5) is 12.6. The first-order valence-electron chi connectivity index (χ1n) is 7.74. The predicted octanol–water partition coefficient (Wildman–Crippen LogP) is 2.90. The van der Waals surface area contributed by atoms with Gasteiger partial charge in [-0.3, -0.25) is 9.10 Å². The fourth-order valence-electron chi connectivity index (χ4n) is 2.53. The van der Waals surface area contributed by atoms with Crippen molar-refractivity contribution >= 4 is 38.9 Å². The molecule has 25 heavy (non-hydrogen) atoms. The first-order valence-corrected chi connectivity index (χ1v) is 9.72. The molecule has 1 N–H and O–H groups in total. The van der Waals surface area contributed by atoms with Gasteiger partial charge in [-0.2, -0.15) is 0 Å². The van der Waals surface area contributed by atoms with Crippen LogP contribution in [0.5, 0.6) is 5.75 Å². The zero-order valence-electron chi connectivity index (χ0n) is 13.5. The molecule has 0 spiro atoms. The van der Waals surface area contributed by atoms with E-state index in [2.05, 4.69) is 5.32 Å². The molecule has 8 heteroatoms. The van der Waals surface area contributed by atoms with Gasteiger partial charge in [0.1, 0.15) is 5.75 Å². The van der Waals surface area contributed by atoms with Crippen molar-refractivity contribution in [1.29, 1.82) is 0 Å². The van der Waals surface area contributed by atoms with Crippen molar-refractivity contribution in [2.75, 3.05) is 21.9 Å². The molecule has 6 nitrogen and oxygen atoms in total. The summed E-state index contributed by atoms with van der Waals surface area (Å²) < 4.78 is 31.8. The quantitative estimate of drug-likeness (QED) is 0.884. The number of para-hydroxylation sites is 3. The molecule has 0 aliphatic carbocycles. The molecule has 3 rings (SSSR count). The average molecular weight is 381 g/mol. The second-order valence-corrected chi connectivity index (χ2v) is 8.06. The van der Waals surface area contributed by atoms with Crippen LogP contribution in [-0.2, 0) is 14.8 Å². The number of ether oxygens (including phenoxy) is 1. The summed E-state index contributed by atoms with van der Waals surface area (Å²) in [6, 6.07) is 13.6. The van der Waals surface area contributed by atoms with Crippen molar-refractivity contribution in [3.63, 3.8) is 0 Å². The van der Waals surface area contributed by atoms with Gasteiger partial charge in [0.25, 0.3) is 5.91 Å². The average Bonchev–Trinajstić information content (AvgIpc) is 2.62. The summed E-state index contributed by atoms with van der Waals surface area (Å²) in [5, 5.41) is 3.08. The highest BCUT2D eigenvalue weighted by Crippen LogP contribution is 2.35. The number of sulfonamides is 1. The summed E-state index contributed by atoms with van der Waals surface area (Å²) in [5.74, 6) is -0.177. The predicted molar refractivity (Wildman–Crippen MR) is 97.7 cm³/mol. The molecule has 0 fully saturated rings. The molecule has 0 saturated carbocycles. The van der Waals surface area contributed by atoms with Crippen LogP contribution in [0.4, 0.5) is 11.4 Å². The van der Waals surface area contributed by atoms with Gasteiger partial charge in [-0.15, -0.1) is 0 Å². The lowest BCUT2D eigenvalue weighted by Gasteiger charge is -2.34. The van der Waals surface area contributed by atoms with Crippen LogP contribution < -0.4 is 14.4 Å². The van der Waals surface area contributed by atoms with Crippen molar-refractivity contribution in [1.82, 2.24) is 0 Å². The van der Waals surface area contributed by atoms with E-state index in [1.165, 1.54) is 4.31 Å². The van der Waals surface area contributed by atoms with Gasteiger partial charge < -0.3 is 10.1 Å². The molecule has 0 unspecified atom stereocenters. The lowest BCUT2D eigenvalue weighted by molar-refractivity contribution is -0.122. The Hall–Kier alpha value is -2.25. The van der Waals surface area contributed by atoms with E-state index < -0.39 is 22.0 Å². The molecule has 2 aromatic carbocycles. The van der Waals surface area contributed by atoms with Gasteiger partial charge in [0, 0.05) is 0 Å². The fourth-order valence-corrected chi connectivity index (χ4v) is 3.84. The Morgan fingerprint density at radius 3 is 2.64 bits per heavy atom. The van der Waals surface area contributed by atoms with Gasteiger partial charge in [-0.25, -0.2) is 8.42 Å². The van der Waals surface area contributed by atoms with Gasteiger partial charge in [0.2, 0.25) is 10.0 Å². The maximum Gasteiger partial charge on any atom is 0.267 e. The van der Waals surface area contributed by atoms with Crippen LogP contribution in [0.2, 0.25) is 5.02 Å². The minimum absolute atomic E-state index is 0.0693. The summed E-state index contributed by atoms with van der Waals surface area (Å²) in [6.07, 6.45) is -0.979. The minimum Gasteiger partial charge on any atom is -0.476 e. The van der Waals surface area contributed by atoms with Crippen molar-refractivity contribution in [2.24, 2.45) is 0 Å². The second kappa shape index (κ2) is 6.93. The Balaban J connectivity index is 1.89. The zero-order chi connectivity index (χ0) is 18.0. The highest BCUT2D eigenvalue weighted by molar-refractivity contribution is 7.92. The SMILES string of the molecule is CCS(=O)(=O)N1C[C@@H](C(=O)Nc2ccccc2Cl)Oc2ccccc21. The number of rotatable bonds is 4. The smallest absolute Gasteiger partial charge is 0.267 e. The largest absolute Gasteiger partial charge is 0.476 e. The summed E-state index contributed by atoms with van der Waals surface area (Å²) in [7, 11) is -3.53. The van der Waals surface area contributed by atoms with Gasteiger partial charge in [0.15, 0.2) is 6.10 Å². The number of nitrogens with zero attached hydrogens (tertiary/aromatic N) is 1. The Labute approximate surface area is 151 Å². The third-order valence-electron chi connectivity index (χ3n) is 3.86. The molecule has 1 amide bonds. The molecule has 132 valence electrons. The van der Waals surface area contributed by atoms with Gasteiger partial charge in [0.05, 0.1) is 28.7 Å². The standard InChI is InChI=1S/C17H17ClN2O4S/c1-2-25(22,23)20-11-16(24-15-10-6-5-9-14(15)20)17(21)19-13-8-4-3-7-12(13)18/h3-10,16H,2,11H2,1H3,(H,19,21)/t16-/m0/s1. The molecular formula is C17H17ClN2O4S. The monoisotopic (exact) mass is 380 g/mol. The molecule has 1 atom stereocenters. The molecule has 1 aliphatic rings. The fraction of sp³-hybridized carbons (Fsp3) is 0.235. The van der Waals surface area contributed by atoms with Crippen LogP contribution in [0.25, 0.3) is 0 Å². The molecule has 1 heterocycles. The van der Waals surface area contributed by atoms with Gasteiger partial charge in [-0.1, -0.05) is 35.9 Å². The number of hydrogen-bond acceptors (Lipinski definition) is 4. The molecule has 0 aromatic heterocycles. The molecule has 0 bridgehead atoms. The van der Waals surface area contributed by atoms with E-state index in [0.29, 0.717) is 22.1 Å². The summed E-state index contributed by atoms with van der Waals surface area (Å²) in [5.41, 5.74) is 0.882. The number of halogens is 1.